The van der Waals surface area contributed by atoms with Gasteiger partial charge in [-0.1, -0.05) is 13.8 Å². The van der Waals surface area contributed by atoms with E-state index in [9.17, 15) is 4.79 Å². The Morgan fingerprint density at radius 3 is 2.74 bits per heavy atom. The number of hydrogen-bond donors (Lipinski definition) is 2. The van der Waals surface area contributed by atoms with Gasteiger partial charge in [0.2, 0.25) is 5.91 Å². The highest BCUT2D eigenvalue weighted by atomic mass is 16.2. The summed E-state index contributed by atoms with van der Waals surface area (Å²) >= 11 is 0. The van der Waals surface area contributed by atoms with Gasteiger partial charge >= 0.3 is 0 Å². The van der Waals surface area contributed by atoms with Crippen LogP contribution in [-0.4, -0.2) is 73.5 Å². The van der Waals surface area contributed by atoms with Gasteiger partial charge in [-0.05, 0) is 33.7 Å². The molecule has 1 amide bonds. The Hall–Kier alpha value is -1.30. The van der Waals surface area contributed by atoms with Crippen molar-refractivity contribution >= 4 is 11.9 Å². The lowest BCUT2D eigenvalue weighted by Crippen LogP contribution is -2.45. The van der Waals surface area contributed by atoms with E-state index in [1.807, 2.05) is 11.8 Å². The van der Waals surface area contributed by atoms with Crippen molar-refractivity contribution in [1.29, 1.82) is 0 Å². The lowest BCUT2D eigenvalue weighted by atomic mass is 10.2. The maximum Gasteiger partial charge on any atom is 0.222 e. The Kier molecular flexibility index (Phi) is 8.99. The molecule has 0 aromatic heterocycles. The molecule has 0 aromatic carbocycles. The predicted octanol–water partition coefficient (Wildman–Crippen LogP) is 1.28. The number of guanidine groups is 1. The standard InChI is InChI=1S/C17H35N5O/c1-6-14(4)21(5)12-10-19-17(18-8-3)20-15-9-11-22(13-15)16(23)7-2/h14-15H,6-13H2,1-5H3,(H2,18,19,20). The van der Waals surface area contributed by atoms with Gasteiger partial charge in [-0.15, -0.1) is 0 Å². The minimum Gasteiger partial charge on any atom is -0.357 e. The molecule has 2 atom stereocenters. The van der Waals surface area contributed by atoms with Crippen molar-refractivity contribution in [2.45, 2.75) is 59.0 Å². The topological polar surface area (TPSA) is 60.0 Å². The van der Waals surface area contributed by atoms with Gasteiger partial charge in [0, 0.05) is 44.7 Å². The molecule has 0 bridgehead atoms. The van der Waals surface area contributed by atoms with E-state index >= 15 is 0 Å². The van der Waals surface area contributed by atoms with Crippen molar-refractivity contribution in [3.63, 3.8) is 0 Å². The van der Waals surface area contributed by atoms with Crippen LogP contribution in [0.1, 0.15) is 47.0 Å². The number of likely N-dealkylation sites (tertiary alicyclic amines) is 1. The van der Waals surface area contributed by atoms with E-state index in [2.05, 4.69) is 48.3 Å². The summed E-state index contributed by atoms with van der Waals surface area (Å²) in [7, 11) is 2.15. The van der Waals surface area contributed by atoms with E-state index in [1.165, 1.54) is 0 Å². The maximum absolute atomic E-state index is 11.8. The molecule has 2 N–H and O–H groups in total. The second kappa shape index (κ2) is 10.5. The van der Waals surface area contributed by atoms with Crippen LogP contribution in [0, 0.1) is 0 Å². The molecular weight excluding hydrogens is 290 g/mol. The van der Waals surface area contributed by atoms with Crippen LogP contribution in [0.25, 0.3) is 0 Å². The average Bonchev–Trinajstić information content (AvgIpc) is 3.01. The number of nitrogens with zero attached hydrogens (tertiary/aromatic N) is 3. The zero-order chi connectivity index (χ0) is 17.2. The molecule has 1 aliphatic rings. The van der Waals surface area contributed by atoms with Crippen LogP contribution in [0.2, 0.25) is 0 Å². The van der Waals surface area contributed by atoms with Crippen molar-refractivity contribution < 1.29 is 4.79 Å². The first-order chi connectivity index (χ1) is 11.0. The Bertz CT molecular complexity index is 385. The molecule has 6 nitrogen and oxygen atoms in total. The van der Waals surface area contributed by atoms with Crippen molar-refractivity contribution in [2.24, 2.45) is 4.99 Å². The Balaban J connectivity index is 2.45. The number of carbonyl (C=O) groups is 1. The minimum atomic E-state index is 0.242. The van der Waals surface area contributed by atoms with Crippen molar-refractivity contribution in [1.82, 2.24) is 20.4 Å². The molecule has 0 radical (unpaired) electrons. The summed E-state index contributed by atoms with van der Waals surface area (Å²) in [5.41, 5.74) is 0. The molecule has 1 saturated heterocycles. The molecule has 1 heterocycles. The van der Waals surface area contributed by atoms with Gasteiger partial charge in [0.15, 0.2) is 5.96 Å². The largest absolute Gasteiger partial charge is 0.357 e. The van der Waals surface area contributed by atoms with Crippen molar-refractivity contribution in [2.75, 3.05) is 39.8 Å². The van der Waals surface area contributed by atoms with Crippen LogP contribution in [0.4, 0.5) is 0 Å². The summed E-state index contributed by atoms with van der Waals surface area (Å²) in [6, 6.07) is 0.889. The monoisotopic (exact) mass is 325 g/mol. The summed E-state index contributed by atoms with van der Waals surface area (Å²) in [5, 5.41) is 6.77. The van der Waals surface area contributed by atoms with Crippen LogP contribution in [-0.2, 0) is 4.79 Å². The molecular formula is C17H35N5O. The van der Waals surface area contributed by atoms with Gasteiger partial charge in [-0.2, -0.15) is 0 Å². The van der Waals surface area contributed by atoms with Crippen LogP contribution in [0.15, 0.2) is 4.99 Å². The molecule has 0 spiro atoms. The van der Waals surface area contributed by atoms with Gasteiger partial charge in [-0.3, -0.25) is 9.79 Å². The smallest absolute Gasteiger partial charge is 0.222 e. The van der Waals surface area contributed by atoms with E-state index < -0.39 is 0 Å². The van der Waals surface area contributed by atoms with Gasteiger partial charge in [0.1, 0.15) is 0 Å². The molecule has 23 heavy (non-hydrogen) atoms. The first-order valence-electron chi connectivity index (χ1n) is 9.04. The molecule has 1 rings (SSSR count). The number of rotatable bonds is 8. The summed E-state index contributed by atoms with van der Waals surface area (Å²) < 4.78 is 0. The summed E-state index contributed by atoms with van der Waals surface area (Å²) in [6.45, 7) is 12.6. The van der Waals surface area contributed by atoms with Gasteiger partial charge in [0.05, 0.1) is 6.54 Å². The number of likely N-dealkylation sites (N-methyl/N-ethyl adjacent to an activating group) is 1. The quantitative estimate of drug-likeness (QED) is 0.521. The number of hydrogen-bond acceptors (Lipinski definition) is 3. The zero-order valence-electron chi connectivity index (χ0n) is 15.6. The molecule has 2 unspecified atom stereocenters. The van der Waals surface area contributed by atoms with Crippen LogP contribution < -0.4 is 10.6 Å². The third-order valence-corrected chi connectivity index (χ3v) is 4.59. The highest BCUT2D eigenvalue weighted by Gasteiger charge is 2.25. The van der Waals surface area contributed by atoms with E-state index in [4.69, 9.17) is 0 Å². The minimum absolute atomic E-state index is 0.242. The van der Waals surface area contributed by atoms with Crippen LogP contribution >= 0.6 is 0 Å². The highest BCUT2D eigenvalue weighted by Crippen LogP contribution is 2.10. The predicted molar refractivity (Wildman–Crippen MR) is 96.8 cm³/mol. The lowest BCUT2D eigenvalue weighted by Gasteiger charge is -2.23. The maximum atomic E-state index is 11.8. The zero-order valence-corrected chi connectivity index (χ0v) is 15.6. The summed E-state index contributed by atoms with van der Waals surface area (Å²) in [5.74, 6) is 1.10. The fourth-order valence-electron chi connectivity index (χ4n) is 2.69. The molecule has 1 fully saturated rings. The van der Waals surface area contributed by atoms with Crippen LogP contribution in [0.3, 0.4) is 0 Å². The molecule has 0 aromatic rings. The number of carbonyl (C=O) groups excluding carboxylic acids is 1. The second-order valence-electron chi connectivity index (χ2n) is 6.32. The van der Waals surface area contributed by atoms with Crippen molar-refractivity contribution in [3.05, 3.63) is 0 Å². The normalized spacial score (nSPS) is 20.0. The van der Waals surface area contributed by atoms with Crippen molar-refractivity contribution in [3.8, 4) is 0 Å². The first kappa shape index (κ1) is 19.7. The fourth-order valence-corrected chi connectivity index (χ4v) is 2.69. The molecule has 0 aliphatic carbocycles. The van der Waals surface area contributed by atoms with Gasteiger partial charge in [-0.25, -0.2) is 0 Å². The van der Waals surface area contributed by atoms with E-state index in [-0.39, 0.29) is 5.91 Å². The molecule has 0 saturated carbocycles. The number of nitrogens with one attached hydrogen (secondary N) is 2. The number of aliphatic imine (C=N–C) groups is 1. The molecule has 6 heteroatoms. The SMILES string of the molecule is CCNC(=NCCN(C)C(C)CC)NC1CCN(C(=O)CC)C1. The second-order valence-corrected chi connectivity index (χ2v) is 6.32. The Morgan fingerprint density at radius 2 is 2.13 bits per heavy atom. The van der Waals surface area contributed by atoms with Gasteiger partial charge in [0.25, 0.3) is 0 Å². The fraction of sp³-hybridized carbons (Fsp3) is 0.882. The third-order valence-electron chi connectivity index (χ3n) is 4.59. The van der Waals surface area contributed by atoms with Crippen LogP contribution in [0.5, 0.6) is 0 Å². The van der Waals surface area contributed by atoms with E-state index in [1.54, 1.807) is 0 Å². The number of amides is 1. The molecule has 134 valence electrons. The lowest BCUT2D eigenvalue weighted by molar-refractivity contribution is -0.129. The summed E-state index contributed by atoms with van der Waals surface area (Å²) in [6.07, 6.45) is 2.73. The van der Waals surface area contributed by atoms with Gasteiger partial charge < -0.3 is 20.4 Å². The Labute approximate surface area is 141 Å². The average molecular weight is 326 g/mol. The van der Waals surface area contributed by atoms with E-state index in [0.29, 0.717) is 18.5 Å². The first-order valence-corrected chi connectivity index (χ1v) is 9.04. The Morgan fingerprint density at radius 1 is 1.39 bits per heavy atom. The van der Waals surface area contributed by atoms with E-state index in [0.717, 1.165) is 51.5 Å². The highest BCUT2D eigenvalue weighted by molar-refractivity contribution is 5.80. The third kappa shape index (κ3) is 6.77. The summed E-state index contributed by atoms with van der Waals surface area (Å²) in [4.78, 5) is 20.7. The molecule has 1 aliphatic heterocycles.